The van der Waals surface area contributed by atoms with Gasteiger partial charge in [-0.15, -0.1) is 11.3 Å². The molecule has 5 rings (SSSR count). The molecule has 1 saturated heterocycles. The molecule has 148 valence electrons. The predicted molar refractivity (Wildman–Crippen MR) is 114 cm³/mol. The van der Waals surface area contributed by atoms with Gasteiger partial charge in [0.05, 0.1) is 21.6 Å². The van der Waals surface area contributed by atoms with Crippen LogP contribution in [0, 0.1) is 0 Å². The van der Waals surface area contributed by atoms with Crippen LogP contribution in [0.3, 0.4) is 0 Å². The number of thioether (sulfide) groups is 1. The number of anilines is 2. The Morgan fingerprint density at radius 1 is 0.900 bits per heavy atom. The number of nitrogens with zero attached hydrogens (tertiary/aromatic N) is 3. The lowest BCUT2D eigenvalue weighted by Gasteiger charge is -2.19. The number of fused-ring (bicyclic) bond motifs is 1. The van der Waals surface area contributed by atoms with E-state index in [1.807, 2.05) is 24.3 Å². The Kier molecular flexibility index (Phi) is 4.48. The first kappa shape index (κ1) is 18.7. The van der Waals surface area contributed by atoms with Crippen molar-refractivity contribution in [2.75, 3.05) is 9.80 Å². The molecule has 9 heteroatoms. The zero-order valence-electron chi connectivity index (χ0n) is 15.3. The monoisotopic (exact) mass is 435 g/mol. The summed E-state index contributed by atoms with van der Waals surface area (Å²) in [6.45, 7) is 0. The molecule has 1 atom stereocenters. The largest absolute Gasteiger partial charge is 0.274 e. The predicted octanol–water partition coefficient (Wildman–Crippen LogP) is 3.15. The van der Waals surface area contributed by atoms with E-state index in [1.165, 1.54) is 41.3 Å². The van der Waals surface area contributed by atoms with Crippen LogP contribution in [0.15, 0.2) is 65.0 Å². The molecule has 4 amide bonds. The van der Waals surface area contributed by atoms with Gasteiger partial charge in [-0.25, -0.2) is 14.8 Å². The summed E-state index contributed by atoms with van der Waals surface area (Å²) in [6.07, 6.45) is 2.43. The summed E-state index contributed by atoms with van der Waals surface area (Å²) in [5.41, 5.74) is 1.51. The third-order valence-corrected chi connectivity index (χ3v) is 7.09. The number of imide groups is 2. The molecule has 30 heavy (non-hydrogen) atoms. The second-order valence-electron chi connectivity index (χ2n) is 6.69. The number of amides is 4. The fraction of sp³-hybridized carbons (Fsp3) is 0.0952. The Balaban J connectivity index is 1.40. The quantitative estimate of drug-likeness (QED) is 0.585. The maximum atomic E-state index is 13.0. The summed E-state index contributed by atoms with van der Waals surface area (Å²) in [4.78, 5) is 56.2. The van der Waals surface area contributed by atoms with Gasteiger partial charge in [-0.05, 0) is 30.3 Å². The van der Waals surface area contributed by atoms with Gasteiger partial charge in [-0.3, -0.25) is 19.2 Å². The second kappa shape index (κ2) is 7.19. The van der Waals surface area contributed by atoms with E-state index in [0.29, 0.717) is 11.4 Å². The Labute approximate surface area is 179 Å². The fourth-order valence-corrected chi connectivity index (χ4v) is 5.75. The molecule has 1 fully saturated rings. The first-order valence-electron chi connectivity index (χ1n) is 9.06. The highest BCUT2D eigenvalue weighted by atomic mass is 32.2. The summed E-state index contributed by atoms with van der Waals surface area (Å²) >= 11 is 2.77. The summed E-state index contributed by atoms with van der Waals surface area (Å²) in [6, 6.07) is 14.0. The molecule has 0 saturated carbocycles. The first-order valence-corrected chi connectivity index (χ1v) is 10.8. The van der Waals surface area contributed by atoms with Gasteiger partial charge < -0.3 is 0 Å². The van der Waals surface area contributed by atoms with E-state index in [4.69, 9.17) is 0 Å². The maximum Gasteiger partial charge on any atom is 0.258 e. The minimum Gasteiger partial charge on any atom is -0.274 e. The van der Waals surface area contributed by atoms with Crippen molar-refractivity contribution in [3.8, 4) is 0 Å². The lowest BCUT2D eigenvalue weighted by Crippen LogP contribution is -2.32. The van der Waals surface area contributed by atoms with E-state index in [9.17, 15) is 19.2 Å². The van der Waals surface area contributed by atoms with E-state index in [0.717, 1.165) is 24.4 Å². The Bertz CT molecular complexity index is 1210. The topological polar surface area (TPSA) is 87.7 Å². The van der Waals surface area contributed by atoms with Crippen molar-refractivity contribution < 1.29 is 19.2 Å². The minimum absolute atomic E-state index is 0.0623. The highest BCUT2D eigenvalue weighted by Crippen LogP contribution is 2.38. The number of thiazole rings is 1. The molecule has 3 aromatic rings. The molecule has 0 spiro atoms. The summed E-state index contributed by atoms with van der Waals surface area (Å²) in [5.74, 6) is -1.58. The van der Waals surface area contributed by atoms with E-state index < -0.39 is 17.1 Å². The van der Waals surface area contributed by atoms with Gasteiger partial charge in [0.25, 0.3) is 11.8 Å². The maximum absolute atomic E-state index is 13.0. The van der Waals surface area contributed by atoms with Crippen LogP contribution in [0.2, 0.25) is 0 Å². The Hall–Kier alpha value is -3.30. The van der Waals surface area contributed by atoms with Crippen LogP contribution in [0.5, 0.6) is 0 Å². The molecule has 0 aliphatic carbocycles. The number of hydrogen-bond donors (Lipinski definition) is 0. The molecule has 0 N–H and O–H groups in total. The molecular weight excluding hydrogens is 422 g/mol. The van der Waals surface area contributed by atoms with Gasteiger partial charge in [0, 0.05) is 18.6 Å². The summed E-state index contributed by atoms with van der Waals surface area (Å²) in [7, 11) is 0. The van der Waals surface area contributed by atoms with Gasteiger partial charge in [0.1, 0.15) is 5.25 Å². The van der Waals surface area contributed by atoms with Crippen LogP contribution in [-0.4, -0.2) is 33.9 Å². The van der Waals surface area contributed by atoms with Crippen LogP contribution >= 0.6 is 23.1 Å². The van der Waals surface area contributed by atoms with Crippen molar-refractivity contribution in [1.29, 1.82) is 0 Å². The second-order valence-corrected chi connectivity index (χ2v) is 9.17. The van der Waals surface area contributed by atoms with Crippen molar-refractivity contribution in [1.82, 2.24) is 4.98 Å². The Morgan fingerprint density at radius 3 is 2.33 bits per heavy atom. The normalized spacial score (nSPS) is 19.0. The third kappa shape index (κ3) is 3.12. The van der Waals surface area contributed by atoms with Gasteiger partial charge in [0.2, 0.25) is 11.8 Å². The highest BCUT2D eigenvalue weighted by Gasteiger charge is 2.41. The van der Waals surface area contributed by atoms with Crippen molar-refractivity contribution >= 4 is 68.3 Å². The lowest BCUT2D eigenvalue weighted by molar-refractivity contribution is -0.122. The molecular formula is C21H13N3O4S2. The van der Waals surface area contributed by atoms with Crippen molar-refractivity contribution in [3.63, 3.8) is 0 Å². The van der Waals surface area contributed by atoms with Gasteiger partial charge in [-0.1, -0.05) is 30.0 Å². The van der Waals surface area contributed by atoms with Crippen LogP contribution in [0.4, 0.5) is 11.4 Å². The molecule has 1 aromatic heterocycles. The number of aromatic nitrogens is 1. The third-order valence-electron chi connectivity index (χ3n) is 4.78. The van der Waals surface area contributed by atoms with Crippen LogP contribution < -0.4 is 9.80 Å². The lowest BCUT2D eigenvalue weighted by atomic mass is 10.2. The average Bonchev–Trinajstić information content (AvgIpc) is 3.37. The van der Waals surface area contributed by atoms with Crippen molar-refractivity contribution in [3.05, 3.63) is 60.7 Å². The zero-order chi connectivity index (χ0) is 20.8. The standard InChI is InChI=1S/C21H13N3O4S2/c25-17-8-9-18(26)23(17)12-4-3-5-13(10-12)24-19(27)11-16(20(24)28)30-21-22-14-6-1-2-7-15(14)29-21/h1-10,16H,11H2. The van der Waals surface area contributed by atoms with Gasteiger partial charge in [-0.2, -0.15) is 0 Å². The van der Waals surface area contributed by atoms with Crippen molar-refractivity contribution in [2.24, 2.45) is 0 Å². The number of benzene rings is 2. The van der Waals surface area contributed by atoms with Crippen molar-refractivity contribution in [2.45, 2.75) is 16.0 Å². The van der Waals surface area contributed by atoms with E-state index in [2.05, 4.69) is 4.98 Å². The molecule has 0 bridgehead atoms. The molecule has 0 radical (unpaired) electrons. The SMILES string of the molecule is O=C1C=CC(=O)N1c1cccc(N2C(=O)CC(Sc3nc4ccccc4s3)C2=O)c1. The molecule has 2 aliphatic rings. The van der Waals surface area contributed by atoms with Crippen LogP contribution in [0.25, 0.3) is 10.2 Å². The van der Waals surface area contributed by atoms with Gasteiger partial charge >= 0.3 is 0 Å². The molecule has 1 unspecified atom stereocenters. The zero-order valence-corrected chi connectivity index (χ0v) is 17.0. The fourth-order valence-electron chi connectivity index (χ4n) is 3.42. The van der Waals surface area contributed by atoms with Crippen LogP contribution in [0.1, 0.15) is 6.42 Å². The number of carbonyl (C=O) groups is 4. The number of rotatable bonds is 4. The first-order chi connectivity index (χ1) is 14.5. The molecule has 7 nitrogen and oxygen atoms in total. The average molecular weight is 435 g/mol. The Morgan fingerprint density at radius 2 is 1.60 bits per heavy atom. The number of carbonyl (C=O) groups excluding carboxylic acids is 4. The molecule has 2 aromatic carbocycles. The summed E-state index contributed by atoms with van der Waals surface area (Å²) in [5, 5.41) is -0.571. The van der Waals surface area contributed by atoms with E-state index >= 15 is 0 Å². The van der Waals surface area contributed by atoms with E-state index in [1.54, 1.807) is 18.2 Å². The summed E-state index contributed by atoms with van der Waals surface area (Å²) < 4.78 is 1.76. The number of para-hydroxylation sites is 1. The minimum atomic E-state index is -0.571. The highest BCUT2D eigenvalue weighted by molar-refractivity contribution is 8.02. The molecule has 3 heterocycles. The van der Waals surface area contributed by atoms with Gasteiger partial charge in [0.15, 0.2) is 4.34 Å². The number of hydrogen-bond acceptors (Lipinski definition) is 7. The van der Waals surface area contributed by atoms with Crippen LogP contribution in [-0.2, 0) is 19.2 Å². The van der Waals surface area contributed by atoms with E-state index in [-0.39, 0.29) is 18.2 Å². The molecule has 2 aliphatic heterocycles. The smallest absolute Gasteiger partial charge is 0.258 e.